The van der Waals surface area contributed by atoms with Crippen LogP contribution in [-0.2, 0) is 21.6 Å². The lowest BCUT2D eigenvalue weighted by molar-refractivity contribution is -0.124. The molecular weight excluding hydrogens is 394 g/mol. The molecule has 0 radical (unpaired) electrons. The molecule has 0 aliphatic heterocycles. The van der Waals surface area contributed by atoms with Crippen molar-refractivity contribution >= 4 is 34.1 Å². The quantitative estimate of drug-likeness (QED) is 0.579. The van der Waals surface area contributed by atoms with Crippen LogP contribution in [0.1, 0.15) is 39.2 Å². The summed E-state index contributed by atoms with van der Waals surface area (Å²) in [4.78, 5) is 29.8. The first-order valence-electron chi connectivity index (χ1n) is 8.87. The molecule has 0 aliphatic rings. The van der Waals surface area contributed by atoms with Gasteiger partial charge in [0, 0.05) is 18.1 Å². The highest BCUT2D eigenvalue weighted by Crippen LogP contribution is 2.42. The lowest BCUT2D eigenvalue weighted by Crippen LogP contribution is -2.43. The number of methoxy groups -OCH3 is 1. The van der Waals surface area contributed by atoms with E-state index in [9.17, 15) is 9.59 Å². The second-order valence-corrected chi connectivity index (χ2v) is 7.93. The van der Waals surface area contributed by atoms with Gasteiger partial charge >= 0.3 is 0 Å². The number of aryl methyl sites for hydroxylation is 2. The van der Waals surface area contributed by atoms with E-state index in [-0.39, 0.29) is 18.8 Å². The molecule has 0 saturated heterocycles. The molecule has 29 heavy (non-hydrogen) atoms. The summed E-state index contributed by atoms with van der Waals surface area (Å²) in [5, 5.41) is 0.409. The monoisotopic (exact) mass is 417 g/mol. The molecule has 1 aromatic carbocycles. The van der Waals surface area contributed by atoms with Crippen molar-refractivity contribution < 1.29 is 23.5 Å². The molecule has 3 aromatic rings. The van der Waals surface area contributed by atoms with Gasteiger partial charge in [-0.25, -0.2) is 4.98 Å². The number of carbonyl (C=O) groups is 2. The Morgan fingerprint density at radius 3 is 2.55 bits per heavy atom. The molecular formula is C20H23N3O5S. The molecule has 2 amide bonds. The maximum absolute atomic E-state index is 12.5. The largest absolute Gasteiger partial charge is 0.488 e. The Morgan fingerprint density at radius 2 is 2.00 bits per heavy atom. The zero-order valence-electron chi connectivity index (χ0n) is 16.7. The molecule has 0 fully saturated rings. The standard InChI is InChI=1S/C20H23N3O5S/c1-10-14(29-9-23-10)7-27-13-6-5-12-16(15(18(21)24)11(2)28-12)17(13)20(3,8-26-4)19(22)25/h5-6,9H,7-8H2,1-4H3,(H2,21,24)(H2,22,25). The number of primary amides is 2. The van der Waals surface area contributed by atoms with Crippen LogP contribution in [0.15, 0.2) is 22.1 Å². The second-order valence-electron chi connectivity index (χ2n) is 6.99. The number of thiazole rings is 1. The first-order valence-corrected chi connectivity index (χ1v) is 9.75. The molecule has 0 saturated carbocycles. The molecule has 2 heterocycles. The Bertz CT molecular complexity index is 1090. The number of nitrogens with two attached hydrogens (primary N) is 2. The number of rotatable bonds is 8. The van der Waals surface area contributed by atoms with E-state index in [1.165, 1.54) is 18.4 Å². The highest BCUT2D eigenvalue weighted by atomic mass is 32.1. The summed E-state index contributed by atoms with van der Waals surface area (Å²) in [5.41, 5.74) is 13.7. The van der Waals surface area contributed by atoms with Crippen molar-refractivity contribution in [2.45, 2.75) is 32.8 Å². The number of hydrogen-bond donors (Lipinski definition) is 2. The summed E-state index contributed by atoms with van der Waals surface area (Å²) in [7, 11) is 1.47. The minimum atomic E-state index is -1.28. The van der Waals surface area contributed by atoms with Crippen LogP contribution in [0.5, 0.6) is 5.75 Å². The van der Waals surface area contributed by atoms with Crippen LogP contribution < -0.4 is 16.2 Å². The van der Waals surface area contributed by atoms with E-state index in [2.05, 4.69) is 4.98 Å². The normalized spacial score (nSPS) is 13.4. The molecule has 8 nitrogen and oxygen atoms in total. The summed E-state index contributed by atoms with van der Waals surface area (Å²) in [6, 6.07) is 3.37. The number of nitrogens with zero attached hydrogens (tertiary/aromatic N) is 1. The second kappa shape index (κ2) is 7.84. The van der Waals surface area contributed by atoms with Gasteiger partial charge in [-0.2, -0.15) is 0 Å². The van der Waals surface area contributed by atoms with Gasteiger partial charge in [0.2, 0.25) is 5.91 Å². The van der Waals surface area contributed by atoms with E-state index in [1.54, 1.807) is 31.5 Å². The van der Waals surface area contributed by atoms with Crippen molar-refractivity contribution in [2.24, 2.45) is 11.5 Å². The number of ether oxygens (including phenoxy) is 2. The Balaban J connectivity index is 2.27. The van der Waals surface area contributed by atoms with E-state index >= 15 is 0 Å². The van der Waals surface area contributed by atoms with Crippen molar-refractivity contribution in [3.8, 4) is 5.75 Å². The van der Waals surface area contributed by atoms with E-state index < -0.39 is 17.2 Å². The first-order chi connectivity index (χ1) is 13.7. The van der Waals surface area contributed by atoms with Crippen molar-refractivity contribution in [2.75, 3.05) is 13.7 Å². The predicted molar refractivity (Wildman–Crippen MR) is 109 cm³/mol. The minimum Gasteiger partial charge on any atom is -0.488 e. The number of amides is 2. The predicted octanol–water partition coefficient (Wildman–Crippen LogP) is 2.57. The van der Waals surface area contributed by atoms with Crippen LogP contribution >= 0.6 is 11.3 Å². The number of furan rings is 1. The van der Waals surface area contributed by atoms with Gasteiger partial charge in [0.15, 0.2) is 0 Å². The summed E-state index contributed by atoms with van der Waals surface area (Å²) in [6.45, 7) is 5.41. The van der Waals surface area contributed by atoms with Gasteiger partial charge in [-0.1, -0.05) is 0 Å². The fraction of sp³-hybridized carbons (Fsp3) is 0.350. The Morgan fingerprint density at radius 1 is 1.28 bits per heavy atom. The van der Waals surface area contributed by atoms with E-state index in [1.807, 2.05) is 6.92 Å². The molecule has 1 atom stereocenters. The molecule has 0 aliphatic carbocycles. The third-order valence-electron chi connectivity index (χ3n) is 4.97. The van der Waals surface area contributed by atoms with Gasteiger partial charge in [-0.05, 0) is 32.9 Å². The number of aromatic nitrogens is 1. The highest BCUT2D eigenvalue weighted by molar-refractivity contribution is 7.09. The summed E-state index contributed by atoms with van der Waals surface area (Å²) < 4.78 is 17.1. The van der Waals surface area contributed by atoms with Gasteiger partial charge < -0.3 is 25.4 Å². The first kappa shape index (κ1) is 20.8. The number of benzene rings is 1. The Kier molecular flexibility index (Phi) is 5.63. The fourth-order valence-corrected chi connectivity index (χ4v) is 4.11. The fourth-order valence-electron chi connectivity index (χ4n) is 3.42. The average Bonchev–Trinajstić information content (AvgIpc) is 3.21. The molecule has 0 bridgehead atoms. The zero-order chi connectivity index (χ0) is 21.3. The molecule has 4 N–H and O–H groups in total. The van der Waals surface area contributed by atoms with Gasteiger partial charge in [0.25, 0.3) is 5.91 Å². The number of fused-ring (bicyclic) bond motifs is 1. The zero-order valence-corrected chi connectivity index (χ0v) is 17.5. The van der Waals surface area contributed by atoms with Crippen LogP contribution in [0.25, 0.3) is 11.0 Å². The van der Waals surface area contributed by atoms with Crippen LogP contribution in [0, 0.1) is 13.8 Å². The van der Waals surface area contributed by atoms with E-state index in [0.717, 1.165) is 10.6 Å². The van der Waals surface area contributed by atoms with Crippen molar-refractivity contribution in [1.29, 1.82) is 0 Å². The van der Waals surface area contributed by atoms with Crippen molar-refractivity contribution in [3.05, 3.63) is 45.1 Å². The van der Waals surface area contributed by atoms with Crippen LogP contribution in [0.2, 0.25) is 0 Å². The van der Waals surface area contributed by atoms with Gasteiger partial charge in [0.05, 0.1) is 33.7 Å². The molecule has 0 spiro atoms. The van der Waals surface area contributed by atoms with Gasteiger partial charge in [-0.3, -0.25) is 9.59 Å². The Hall–Kier alpha value is -2.91. The number of hydrogen-bond acceptors (Lipinski definition) is 7. The summed E-state index contributed by atoms with van der Waals surface area (Å²) in [5.74, 6) is -0.539. The van der Waals surface area contributed by atoms with Crippen LogP contribution in [-0.4, -0.2) is 30.5 Å². The average molecular weight is 417 g/mol. The lowest BCUT2D eigenvalue weighted by atomic mass is 9.79. The lowest BCUT2D eigenvalue weighted by Gasteiger charge is -2.28. The molecule has 3 rings (SSSR count). The molecule has 2 aromatic heterocycles. The van der Waals surface area contributed by atoms with E-state index in [0.29, 0.717) is 28.0 Å². The maximum atomic E-state index is 12.5. The molecule has 9 heteroatoms. The SMILES string of the molecule is COCC(C)(C(N)=O)c1c(OCc2scnc2C)ccc2oc(C)c(C(N)=O)c12. The van der Waals surface area contributed by atoms with Crippen molar-refractivity contribution in [3.63, 3.8) is 0 Å². The third kappa shape index (κ3) is 3.58. The highest BCUT2D eigenvalue weighted by Gasteiger charge is 2.40. The Labute approximate surface area is 171 Å². The van der Waals surface area contributed by atoms with Gasteiger partial charge in [-0.15, -0.1) is 11.3 Å². The van der Waals surface area contributed by atoms with E-state index in [4.69, 9.17) is 25.4 Å². The van der Waals surface area contributed by atoms with Crippen LogP contribution in [0.4, 0.5) is 0 Å². The summed E-state index contributed by atoms with van der Waals surface area (Å²) in [6.07, 6.45) is 0. The number of carbonyl (C=O) groups excluding carboxylic acids is 2. The summed E-state index contributed by atoms with van der Waals surface area (Å²) >= 11 is 1.47. The topological polar surface area (TPSA) is 131 Å². The molecule has 154 valence electrons. The smallest absolute Gasteiger partial charge is 0.252 e. The van der Waals surface area contributed by atoms with Gasteiger partial charge in [0.1, 0.15) is 23.7 Å². The minimum absolute atomic E-state index is 0.0141. The maximum Gasteiger partial charge on any atom is 0.252 e. The van der Waals surface area contributed by atoms with Crippen molar-refractivity contribution in [1.82, 2.24) is 4.98 Å². The molecule has 1 unspecified atom stereocenters. The third-order valence-corrected chi connectivity index (χ3v) is 5.88. The van der Waals surface area contributed by atoms with Crippen LogP contribution in [0.3, 0.4) is 0 Å².